The first kappa shape index (κ1) is 25.1. The minimum Gasteiger partial charge on any atom is -0.490 e. The highest BCUT2D eigenvalue weighted by Gasteiger charge is 2.36. The number of aromatic nitrogens is 3. The Morgan fingerprint density at radius 3 is 2.47 bits per heavy atom. The molecule has 0 radical (unpaired) electrons. The lowest BCUT2D eigenvalue weighted by Crippen LogP contribution is -2.30. The smallest absolute Gasteiger partial charge is 0.338 e. The highest BCUT2D eigenvalue weighted by atomic mass is 16.5. The zero-order valence-electron chi connectivity index (χ0n) is 21.7. The maximum atomic E-state index is 13.4. The van der Waals surface area contributed by atoms with Crippen LogP contribution in [-0.2, 0) is 16.1 Å². The molecule has 8 heteroatoms. The number of hydrogen-bond donors (Lipinski definition) is 1. The summed E-state index contributed by atoms with van der Waals surface area (Å²) in [6, 6.07) is 23.0. The largest absolute Gasteiger partial charge is 0.490 e. The quantitative estimate of drug-likeness (QED) is 0.295. The number of carbonyl (C=O) groups excluding carboxylic acids is 1. The average molecular weight is 511 g/mol. The summed E-state index contributed by atoms with van der Waals surface area (Å²) in [6.07, 6.45) is 1.47. The molecule has 0 bridgehead atoms. The Morgan fingerprint density at radius 2 is 1.74 bits per heavy atom. The van der Waals surface area contributed by atoms with E-state index >= 15 is 0 Å². The molecule has 5 rings (SSSR count). The Labute approximate surface area is 221 Å². The van der Waals surface area contributed by atoms with Gasteiger partial charge in [0.2, 0.25) is 5.95 Å². The summed E-state index contributed by atoms with van der Waals surface area (Å²) in [7, 11) is 0. The Bertz CT molecular complexity index is 1440. The Hall–Kier alpha value is -4.59. The first-order chi connectivity index (χ1) is 18.6. The molecular formula is C30H30N4O4. The lowest BCUT2D eigenvalue weighted by molar-refractivity contribution is -0.138. The summed E-state index contributed by atoms with van der Waals surface area (Å²) >= 11 is 0. The van der Waals surface area contributed by atoms with E-state index < -0.39 is 12.0 Å². The molecule has 1 aliphatic rings. The first-order valence-corrected chi connectivity index (χ1v) is 12.7. The van der Waals surface area contributed by atoms with E-state index in [2.05, 4.69) is 34.5 Å². The van der Waals surface area contributed by atoms with Crippen LogP contribution in [0.25, 0.3) is 5.70 Å². The molecule has 38 heavy (non-hydrogen) atoms. The lowest BCUT2D eigenvalue weighted by Gasteiger charge is -2.30. The van der Waals surface area contributed by atoms with E-state index in [0.717, 1.165) is 16.7 Å². The fourth-order valence-corrected chi connectivity index (χ4v) is 4.46. The molecule has 3 aromatic carbocycles. The number of aryl methyl sites for hydroxylation is 1. The van der Waals surface area contributed by atoms with E-state index in [0.29, 0.717) is 41.9 Å². The number of rotatable bonds is 9. The molecule has 194 valence electrons. The lowest BCUT2D eigenvalue weighted by atomic mass is 9.92. The second-order valence-electron chi connectivity index (χ2n) is 8.84. The minimum absolute atomic E-state index is 0.247. The van der Waals surface area contributed by atoms with Crippen molar-refractivity contribution < 1.29 is 19.0 Å². The van der Waals surface area contributed by atoms with Crippen LogP contribution in [0.15, 0.2) is 84.7 Å². The van der Waals surface area contributed by atoms with Gasteiger partial charge in [0.1, 0.15) is 19.0 Å². The number of esters is 1. The van der Waals surface area contributed by atoms with Gasteiger partial charge in [0.15, 0.2) is 11.5 Å². The third kappa shape index (κ3) is 5.11. The molecule has 0 amide bonds. The van der Waals surface area contributed by atoms with Gasteiger partial charge >= 0.3 is 5.97 Å². The Balaban J connectivity index is 1.58. The zero-order valence-corrected chi connectivity index (χ0v) is 21.7. The third-order valence-corrected chi connectivity index (χ3v) is 6.25. The maximum absolute atomic E-state index is 13.4. The molecule has 0 saturated heterocycles. The summed E-state index contributed by atoms with van der Waals surface area (Å²) in [6.45, 7) is 6.89. The first-order valence-electron chi connectivity index (χ1n) is 12.7. The highest BCUT2D eigenvalue weighted by Crippen LogP contribution is 2.41. The number of benzene rings is 3. The SMILES string of the molecule is CCOC(=O)C1=C(c2ccccc2)Nc2ncnn2[C@@H]1c1ccc(OCc2ccc(C)cc2)c(OCC)c1. The van der Waals surface area contributed by atoms with Gasteiger partial charge in [-0.15, -0.1) is 0 Å². The second-order valence-corrected chi connectivity index (χ2v) is 8.84. The monoisotopic (exact) mass is 510 g/mol. The van der Waals surface area contributed by atoms with E-state index in [1.807, 2.05) is 67.6 Å². The molecular weight excluding hydrogens is 480 g/mol. The fourth-order valence-electron chi connectivity index (χ4n) is 4.46. The van der Waals surface area contributed by atoms with Crippen LogP contribution in [0.5, 0.6) is 11.5 Å². The van der Waals surface area contributed by atoms with Gasteiger partial charge in [-0.1, -0.05) is 66.2 Å². The molecule has 4 aromatic rings. The summed E-state index contributed by atoms with van der Waals surface area (Å²) in [5.74, 6) is 1.30. The Kier molecular flexibility index (Phi) is 7.40. The molecule has 0 spiro atoms. The van der Waals surface area contributed by atoms with Crippen molar-refractivity contribution in [2.75, 3.05) is 18.5 Å². The number of carbonyl (C=O) groups is 1. The second kappa shape index (κ2) is 11.2. The number of fused-ring (bicyclic) bond motifs is 1. The number of nitrogens with zero attached hydrogens (tertiary/aromatic N) is 3. The molecule has 2 heterocycles. The fraction of sp³-hybridized carbons (Fsp3) is 0.233. The molecule has 1 atom stereocenters. The van der Waals surface area contributed by atoms with Gasteiger partial charge in [0.05, 0.1) is 24.5 Å². The van der Waals surface area contributed by atoms with Gasteiger partial charge in [-0.25, -0.2) is 9.48 Å². The molecule has 8 nitrogen and oxygen atoms in total. The molecule has 0 saturated carbocycles. The van der Waals surface area contributed by atoms with Crippen molar-refractivity contribution in [1.82, 2.24) is 14.8 Å². The summed E-state index contributed by atoms with van der Waals surface area (Å²) in [5.41, 5.74) is 4.97. The van der Waals surface area contributed by atoms with Gasteiger partial charge in [-0.3, -0.25) is 0 Å². The molecule has 1 aliphatic heterocycles. The van der Waals surface area contributed by atoms with Crippen molar-refractivity contribution >= 4 is 17.6 Å². The predicted molar refractivity (Wildman–Crippen MR) is 145 cm³/mol. The van der Waals surface area contributed by atoms with E-state index in [-0.39, 0.29) is 6.61 Å². The van der Waals surface area contributed by atoms with Crippen molar-refractivity contribution in [1.29, 1.82) is 0 Å². The highest BCUT2D eigenvalue weighted by molar-refractivity contribution is 6.02. The number of anilines is 1. The van der Waals surface area contributed by atoms with Crippen molar-refractivity contribution in [3.8, 4) is 11.5 Å². The van der Waals surface area contributed by atoms with Gasteiger partial charge in [-0.2, -0.15) is 10.1 Å². The van der Waals surface area contributed by atoms with Crippen molar-refractivity contribution in [3.05, 3.63) is 107 Å². The van der Waals surface area contributed by atoms with Crippen LogP contribution in [0.1, 0.15) is 42.1 Å². The predicted octanol–water partition coefficient (Wildman–Crippen LogP) is 5.55. The maximum Gasteiger partial charge on any atom is 0.338 e. The third-order valence-electron chi connectivity index (χ3n) is 6.25. The van der Waals surface area contributed by atoms with Crippen molar-refractivity contribution in [2.24, 2.45) is 0 Å². The van der Waals surface area contributed by atoms with Crippen LogP contribution in [0.2, 0.25) is 0 Å². The van der Waals surface area contributed by atoms with E-state index in [1.54, 1.807) is 11.6 Å². The standard InChI is InChI=1S/C30H30N4O4/c1-4-36-25-17-23(15-16-24(25)38-18-21-13-11-20(3)12-14-21)28-26(29(35)37-5-2)27(22-9-7-6-8-10-22)33-30-31-19-32-34(28)30/h6-17,19,28H,4-5,18H2,1-3H3,(H,31,32,33)/t28-/m1/s1. The topological polar surface area (TPSA) is 87.5 Å². The number of ether oxygens (including phenoxy) is 3. The normalized spacial score (nSPS) is 14.4. The van der Waals surface area contributed by atoms with Gasteiger partial charge in [0.25, 0.3) is 0 Å². The summed E-state index contributed by atoms with van der Waals surface area (Å²) < 4.78 is 19.3. The van der Waals surface area contributed by atoms with Crippen LogP contribution in [0.4, 0.5) is 5.95 Å². The molecule has 1 N–H and O–H groups in total. The van der Waals surface area contributed by atoms with E-state index in [9.17, 15) is 4.79 Å². The average Bonchev–Trinajstić information content (AvgIpc) is 3.41. The number of nitrogens with one attached hydrogen (secondary N) is 1. The minimum atomic E-state index is -0.589. The van der Waals surface area contributed by atoms with Gasteiger partial charge in [-0.05, 0) is 49.6 Å². The van der Waals surface area contributed by atoms with Crippen molar-refractivity contribution in [3.63, 3.8) is 0 Å². The summed E-state index contributed by atoms with van der Waals surface area (Å²) in [5, 5.41) is 7.73. The molecule has 0 fully saturated rings. The van der Waals surface area contributed by atoms with Crippen LogP contribution >= 0.6 is 0 Å². The number of hydrogen-bond acceptors (Lipinski definition) is 7. The van der Waals surface area contributed by atoms with Crippen LogP contribution in [0, 0.1) is 6.92 Å². The van der Waals surface area contributed by atoms with Crippen LogP contribution in [0.3, 0.4) is 0 Å². The van der Waals surface area contributed by atoms with E-state index in [1.165, 1.54) is 11.9 Å². The van der Waals surface area contributed by atoms with Gasteiger partial charge in [0, 0.05) is 0 Å². The zero-order chi connectivity index (χ0) is 26.5. The van der Waals surface area contributed by atoms with Crippen LogP contribution < -0.4 is 14.8 Å². The van der Waals surface area contributed by atoms with E-state index in [4.69, 9.17) is 14.2 Å². The molecule has 1 aromatic heterocycles. The van der Waals surface area contributed by atoms with Crippen LogP contribution in [-0.4, -0.2) is 33.9 Å². The molecule has 0 unspecified atom stereocenters. The summed E-state index contributed by atoms with van der Waals surface area (Å²) in [4.78, 5) is 17.8. The Morgan fingerprint density at radius 1 is 0.947 bits per heavy atom. The molecule has 0 aliphatic carbocycles. The van der Waals surface area contributed by atoms with Crippen molar-refractivity contribution in [2.45, 2.75) is 33.4 Å². The van der Waals surface area contributed by atoms with Gasteiger partial charge < -0.3 is 19.5 Å².